The van der Waals surface area contributed by atoms with Gasteiger partial charge in [-0.2, -0.15) is 0 Å². The van der Waals surface area contributed by atoms with Crippen LogP contribution < -0.4 is 10.1 Å². The number of amidine groups is 1. The van der Waals surface area contributed by atoms with Gasteiger partial charge in [0.25, 0.3) is 0 Å². The number of likely N-dealkylation sites (tertiary alicyclic amines) is 1. The van der Waals surface area contributed by atoms with Crippen molar-refractivity contribution in [3.8, 4) is 5.75 Å². The van der Waals surface area contributed by atoms with Crippen molar-refractivity contribution in [3.05, 3.63) is 64.7 Å². The number of carbonyl (C=O) groups is 1. The molecule has 6 heteroatoms. The first kappa shape index (κ1) is 15.8. The van der Waals surface area contributed by atoms with E-state index in [0.29, 0.717) is 6.54 Å². The molecule has 1 amide bonds. The number of rotatable bonds is 3. The molecule has 5 nitrogen and oxygen atoms in total. The van der Waals surface area contributed by atoms with Crippen molar-refractivity contribution in [3.63, 3.8) is 0 Å². The lowest BCUT2D eigenvalue weighted by Crippen LogP contribution is -2.28. The summed E-state index contributed by atoms with van der Waals surface area (Å²) in [6.45, 7) is 0.343. The minimum atomic E-state index is -0.0586. The van der Waals surface area contributed by atoms with Crippen molar-refractivity contribution >= 4 is 29.2 Å². The number of amides is 1. The van der Waals surface area contributed by atoms with Crippen LogP contribution in [0.4, 0.5) is 5.69 Å². The highest BCUT2D eigenvalue weighted by Crippen LogP contribution is 2.44. The van der Waals surface area contributed by atoms with Gasteiger partial charge in [0.2, 0.25) is 5.91 Å². The van der Waals surface area contributed by atoms with Gasteiger partial charge in [-0.25, -0.2) is 0 Å². The second-order valence-electron chi connectivity index (χ2n) is 5.85. The van der Waals surface area contributed by atoms with Crippen LogP contribution >= 0.6 is 11.8 Å². The zero-order chi connectivity index (χ0) is 17.4. The van der Waals surface area contributed by atoms with Crippen LogP contribution in [-0.2, 0) is 11.3 Å². The molecule has 0 spiro atoms. The number of hydrogen-bond donors (Lipinski definition) is 2. The first-order chi connectivity index (χ1) is 12.2. The predicted molar refractivity (Wildman–Crippen MR) is 98.8 cm³/mol. The fraction of sp³-hybridized carbons (Fsp3) is 0.158. The van der Waals surface area contributed by atoms with E-state index >= 15 is 0 Å². The largest absolute Gasteiger partial charge is 0.496 e. The molecule has 0 aromatic heterocycles. The van der Waals surface area contributed by atoms with Crippen molar-refractivity contribution in [1.29, 1.82) is 5.41 Å². The minimum Gasteiger partial charge on any atom is -0.496 e. The summed E-state index contributed by atoms with van der Waals surface area (Å²) in [5, 5.41) is 12.7. The Morgan fingerprint density at radius 1 is 1.20 bits per heavy atom. The molecule has 0 radical (unpaired) electrons. The molecule has 2 aliphatic heterocycles. The van der Waals surface area contributed by atoms with Gasteiger partial charge in [0.1, 0.15) is 11.6 Å². The maximum atomic E-state index is 12.5. The predicted octanol–water partition coefficient (Wildman–Crippen LogP) is 3.83. The molecule has 2 N–H and O–H groups in total. The SMILES string of the molecule is COc1ccccc1CN1C(=N)/C(=C2\Nc3ccccc3S2)CC1=O. The lowest BCUT2D eigenvalue weighted by molar-refractivity contribution is -0.125. The Morgan fingerprint density at radius 3 is 2.76 bits per heavy atom. The number of hydrogen-bond acceptors (Lipinski definition) is 5. The molecule has 0 aliphatic carbocycles. The molecule has 4 rings (SSSR count). The molecular weight excluding hydrogens is 334 g/mol. The van der Waals surface area contributed by atoms with E-state index in [1.807, 2.05) is 48.5 Å². The summed E-state index contributed by atoms with van der Waals surface area (Å²) in [7, 11) is 1.61. The standard InChI is InChI=1S/C19H17N3O2S/c1-24-15-8-4-2-6-12(15)11-22-17(23)10-13(18(22)20)19-21-14-7-3-5-9-16(14)25-19/h2-9,20-21H,10-11H2,1H3/b19-13+,20-18?. The van der Waals surface area contributed by atoms with E-state index in [4.69, 9.17) is 10.1 Å². The number of para-hydroxylation sites is 2. The highest BCUT2D eigenvalue weighted by Gasteiger charge is 2.35. The van der Waals surface area contributed by atoms with Gasteiger partial charge < -0.3 is 10.1 Å². The van der Waals surface area contributed by atoms with E-state index in [2.05, 4.69) is 5.32 Å². The zero-order valence-electron chi connectivity index (χ0n) is 13.7. The van der Waals surface area contributed by atoms with Gasteiger partial charge in [-0.1, -0.05) is 42.1 Å². The number of methoxy groups -OCH3 is 1. The molecule has 2 aromatic rings. The smallest absolute Gasteiger partial charge is 0.233 e. The molecule has 0 bridgehead atoms. The summed E-state index contributed by atoms with van der Waals surface area (Å²) >= 11 is 1.58. The quantitative estimate of drug-likeness (QED) is 0.882. The molecule has 0 atom stereocenters. The summed E-state index contributed by atoms with van der Waals surface area (Å²) in [5.74, 6) is 0.931. The van der Waals surface area contributed by atoms with E-state index in [9.17, 15) is 4.79 Å². The average molecular weight is 351 g/mol. The lowest BCUT2D eigenvalue weighted by Gasteiger charge is -2.17. The Balaban J connectivity index is 1.60. The molecule has 2 heterocycles. The highest BCUT2D eigenvalue weighted by atomic mass is 32.2. The van der Waals surface area contributed by atoms with E-state index in [1.165, 1.54) is 4.90 Å². The molecule has 1 fully saturated rings. The van der Waals surface area contributed by atoms with Crippen LogP contribution in [0.3, 0.4) is 0 Å². The lowest BCUT2D eigenvalue weighted by atomic mass is 10.2. The summed E-state index contributed by atoms with van der Waals surface area (Å²) in [6, 6.07) is 15.6. The van der Waals surface area contributed by atoms with Crippen LogP contribution in [0.1, 0.15) is 12.0 Å². The Hall–Kier alpha value is -2.73. The molecule has 0 saturated carbocycles. The Labute approximate surface area is 150 Å². The van der Waals surface area contributed by atoms with E-state index in [0.717, 1.165) is 32.5 Å². The zero-order valence-corrected chi connectivity index (χ0v) is 14.5. The van der Waals surface area contributed by atoms with E-state index in [-0.39, 0.29) is 18.2 Å². The maximum absolute atomic E-state index is 12.5. The van der Waals surface area contributed by atoms with Gasteiger partial charge in [0, 0.05) is 16.0 Å². The number of fused-ring (bicyclic) bond motifs is 1. The van der Waals surface area contributed by atoms with Crippen LogP contribution in [0.15, 0.2) is 64.0 Å². The number of ether oxygens (including phenoxy) is 1. The number of nitrogens with one attached hydrogen (secondary N) is 2. The van der Waals surface area contributed by atoms with Gasteiger partial charge in [0.05, 0.1) is 30.8 Å². The number of carbonyl (C=O) groups excluding carboxylic acids is 1. The summed E-state index contributed by atoms with van der Waals surface area (Å²) < 4.78 is 5.36. The van der Waals surface area contributed by atoms with E-state index in [1.54, 1.807) is 18.9 Å². The first-order valence-corrected chi connectivity index (χ1v) is 8.77. The summed E-state index contributed by atoms with van der Waals surface area (Å²) in [4.78, 5) is 15.1. The fourth-order valence-electron chi connectivity index (χ4n) is 3.03. The van der Waals surface area contributed by atoms with Crippen molar-refractivity contribution in [2.24, 2.45) is 0 Å². The van der Waals surface area contributed by atoms with Crippen LogP contribution in [0, 0.1) is 5.41 Å². The molecule has 1 saturated heterocycles. The molecule has 2 aromatic carbocycles. The van der Waals surface area contributed by atoms with Crippen LogP contribution in [0.5, 0.6) is 5.75 Å². The normalized spacial score (nSPS) is 19.2. The molecule has 0 unspecified atom stereocenters. The van der Waals surface area contributed by atoms with Crippen molar-refractivity contribution in [2.75, 3.05) is 12.4 Å². The Morgan fingerprint density at radius 2 is 1.96 bits per heavy atom. The van der Waals surface area contributed by atoms with Crippen LogP contribution in [0.2, 0.25) is 0 Å². The third-order valence-electron chi connectivity index (χ3n) is 4.33. The topological polar surface area (TPSA) is 65.4 Å². The van der Waals surface area contributed by atoms with Crippen LogP contribution in [-0.4, -0.2) is 23.8 Å². The molecule has 2 aliphatic rings. The first-order valence-electron chi connectivity index (χ1n) is 7.95. The van der Waals surface area contributed by atoms with Crippen molar-refractivity contribution in [1.82, 2.24) is 4.90 Å². The molecular formula is C19H17N3O2S. The fourth-order valence-corrected chi connectivity index (χ4v) is 4.08. The number of anilines is 1. The second-order valence-corrected chi connectivity index (χ2v) is 6.90. The molecule has 126 valence electrons. The van der Waals surface area contributed by atoms with Crippen molar-refractivity contribution in [2.45, 2.75) is 17.9 Å². The van der Waals surface area contributed by atoms with Crippen molar-refractivity contribution < 1.29 is 9.53 Å². The number of benzene rings is 2. The third kappa shape index (κ3) is 2.78. The Kier molecular flexibility index (Phi) is 3.97. The number of thioether (sulfide) groups is 1. The maximum Gasteiger partial charge on any atom is 0.233 e. The van der Waals surface area contributed by atoms with Gasteiger partial charge in [-0.3, -0.25) is 15.1 Å². The second kappa shape index (κ2) is 6.29. The summed E-state index contributed by atoms with van der Waals surface area (Å²) in [6.07, 6.45) is 0.247. The summed E-state index contributed by atoms with van der Waals surface area (Å²) in [5.41, 5.74) is 2.67. The monoisotopic (exact) mass is 351 g/mol. The molecule has 25 heavy (non-hydrogen) atoms. The van der Waals surface area contributed by atoms with E-state index < -0.39 is 0 Å². The Bertz CT molecular complexity index is 880. The minimum absolute atomic E-state index is 0.0586. The van der Waals surface area contributed by atoms with Gasteiger partial charge in [-0.15, -0.1) is 0 Å². The van der Waals surface area contributed by atoms with Gasteiger partial charge in [-0.05, 0) is 18.2 Å². The average Bonchev–Trinajstić information content (AvgIpc) is 3.18. The van der Waals surface area contributed by atoms with Gasteiger partial charge >= 0.3 is 0 Å². The van der Waals surface area contributed by atoms with Gasteiger partial charge in [0.15, 0.2) is 0 Å². The number of nitrogens with zero attached hydrogens (tertiary/aromatic N) is 1. The van der Waals surface area contributed by atoms with Crippen LogP contribution in [0.25, 0.3) is 0 Å². The third-order valence-corrected chi connectivity index (χ3v) is 5.46. The highest BCUT2D eigenvalue weighted by molar-refractivity contribution is 8.03.